The summed E-state index contributed by atoms with van der Waals surface area (Å²) in [6.45, 7) is 8.24. The van der Waals surface area contributed by atoms with Crippen LogP contribution in [0.15, 0.2) is 18.3 Å². The van der Waals surface area contributed by atoms with Crippen LogP contribution in [0, 0.1) is 0 Å². The summed E-state index contributed by atoms with van der Waals surface area (Å²) in [6, 6.07) is 3.87. The molecule has 2 rings (SSSR count). The maximum absolute atomic E-state index is 5.92. The van der Waals surface area contributed by atoms with Gasteiger partial charge in [0.1, 0.15) is 0 Å². The molecule has 0 aliphatic carbocycles. The molecule has 0 amide bonds. The Balaban J connectivity index is 2.16. The van der Waals surface area contributed by atoms with Gasteiger partial charge in [-0.2, -0.15) is 0 Å². The molecule has 2 unspecified atom stereocenters. The smallest absolute Gasteiger partial charge is 0.171 e. The Morgan fingerprint density at radius 1 is 1.47 bits per heavy atom. The summed E-state index contributed by atoms with van der Waals surface area (Å²) in [4.78, 5) is 6.64. The third-order valence-corrected chi connectivity index (χ3v) is 3.09. The van der Waals surface area contributed by atoms with Crippen molar-refractivity contribution in [3.8, 4) is 5.75 Å². The van der Waals surface area contributed by atoms with Gasteiger partial charge in [-0.25, -0.2) is 4.98 Å². The zero-order valence-corrected chi connectivity index (χ0v) is 11.9. The van der Waals surface area contributed by atoms with Crippen LogP contribution in [0.25, 0.3) is 0 Å². The summed E-state index contributed by atoms with van der Waals surface area (Å²) < 4.78 is 11.5. The molecule has 0 radical (unpaired) electrons. The number of hydrogen-bond donors (Lipinski definition) is 1. The molecule has 5 nitrogen and oxygen atoms in total. The monoisotopic (exact) mass is 265 g/mol. The van der Waals surface area contributed by atoms with Gasteiger partial charge >= 0.3 is 0 Å². The van der Waals surface area contributed by atoms with Gasteiger partial charge in [0.25, 0.3) is 0 Å². The molecule has 2 N–H and O–H groups in total. The van der Waals surface area contributed by atoms with Gasteiger partial charge in [0.15, 0.2) is 11.6 Å². The molecule has 0 spiro atoms. The average Bonchev–Trinajstić information content (AvgIpc) is 2.39. The number of pyridine rings is 1. The molecule has 1 aliphatic heterocycles. The van der Waals surface area contributed by atoms with E-state index in [1.807, 2.05) is 32.9 Å². The van der Waals surface area contributed by atoms with E-state index < -0.39 is 0 Å². The number of rotatable bonds is 4. The molecule has 1 aliphatic rings. The van der Waals surface area contributed by atoms with Crippen LogP contribution >= 0.6 is 0 Å². The second-order valence-electron chi connectivity index (χ2n) is 5.21. The highest BCUT2D eigenvalue weighted by Crippen LogP contribution is 2.27. The lowest BCUT2D eigenvalue weighted by molar-refractivity contribution is 0.0271. The molecule has 19 heavy (non-hydrogen) atoms. The number of morpholine rings is 1. The highest BCUT2D eigenvalue weighted by atomic mass is 16.5. The molecular weight excluding hydrogens is 242 g/mol. The zero-order valence-electron chi connectivity index (χ0n) is 11.9. The van der Waals surface area contributed by atoms with Crippen LogP contribution in [-0.4, -0.2) is 42.9 Å². The summed E-state index contributed by atoms with van der Waals surface area (Å²) in [7, 11) is 0. The highest BCUT2D eigenvalue weighted by molar-refractivity contribution is 5.52. The van der Waals surface area contributed by atoms with Gasteiger partial charge in [0.05, 0.1) is 18.8 Å². The number of hydrogen-bond acceptors (Lipinski definition) is 5. The van der Waals surface area contributed by atoms with E-state index in [2.05, 4.69) is 9.88 Å². The van der Waals surface area contributed by atoms with Gasteiger partial charge in [0.2, 0.25) is 0 Å². The van der Waals surface area contributed by atoms with Crippen molar-refractivity contribution < 1.29 is 9.47 Å². The Hall–Kier alpha value is -1.33. The molecule has 0 bridgehead atoms. The Morgan fingerprint density at radius 3 is 2.95 bits per heavy atom. The standard InChI is InChI=1S/C14H23N3O2/c1-10(2)19-12-5-4-6-16-14(12)17-7-8-18-13(9-17)11(3)15/h4-6,10-11,13H,7-9,15H2,1-3H3. The highest BCUT2D eigenvalue weighted by Gasteiger charge is 2.26. The molecule has 0 saturated carbocycles. The van der Waals surface area contributed by atoms with Crippen LogP contribution in [0.5, 0.6) is 5.75 Å². The van der Waals surface area contributed by atoms with Crippen molar-refractivity contribution in [2.24, 2.45) is 5.73 Å². The van der Waals surface area contributed by atoms with E-state index in [9.17, 15) is 0 Å². The first-order chi connectivity index (χ1) is 9.08. The maximum atomic E-state index is 5.92. The molecule has 1 aromatic heterocycles. The minimum absolute atomic E-state index is 0.0148. The van der Waals surface area contributed by atoms with E-state index >= 15 is 0 Å². The molecule has 106 valence electrons. The second-order valence-corrected chi connectivity index (χ2v) is 5.21. The third kappa shape index (κ3) is 3.58. The van der Waals surface area contributed by atoms with E-state index in [1.165, 1.54) is 0 Å². The number of nitrogens with zero attached hydrogens (tertiary/aromatic N) is 2. The van der Waals surface area contributed by atoms with Gasteiger partial charge in [-0.3, -0.25) is 0 Å². The van der Waals surface area contributed by atoms with E-state index in [0.29, 0.717) is 6.61 Å². The fraction of sp³-hybridized carbons (Fsp3) is 0.643. The van der Waals surface area contributed by atoms with Crippen molar-refractivity contribution in [2.45, 2.75) is 39.0 Å². The largest absolute Gasteiger partial charge is 0.487 e. The lowest BCUT2D eigenvalue weighted by Gasteiger charge is -2.36. The molecule has 2 atom stereocenters. The van der Waals surface area contributed by atoms with E-state index in [0.717, 1.165) is 24.7 Å². The Labute approximate surface area is 114 Å². The van der Waals surface area contributed by atoms with E-state index in [1.54, 1.807) is 6.20 Å². The fourth-order valence-corrected chi connectivity index (χ4v) is 2.15. The summed E-state index contributed by atoms with van der Waals surface area (Å²) in [6.07, 6.45) is 1.97. The van der Waals surface area contributed by atoms with Crippen molar-refractivity contribution >= 4 is 5.82 Å². The van der Waals surface area contributed by atoms with Crippen LogP contribution in [-0.2, 0) is 4.74 Å². The Morgan fingerprint density at radius 2 is 2.26 bits per heavy atom. The van der Waals surface area contributed by atoms with Gasteiger partial charge < -0.3 is 20.1 Å². The van der Waals surface area contributed by atoms with Crippen LogP contribution in [0.3, 0.4) is 0 Å². The lowest BCUT2D eigenvalue weighted by Crippen LogP contribution is -2.50. The zero-order chi connectivity index (χ0) is 13.8. The molecular formula is C14H23N3O2. The van der Waals surface area contributed by atoms with E-state index in [4.69, 9.17) is 15.2 Å². The SMILES string of the molecule is CC(C)Oc1cccnc1N1CCOC(C(C)N)C1. The maximum Gasteiger partial charge on any atom is 0.171 e. The molecule has 0 aromatic carbocycles. The first-order valence-corrected chi connectivity index (χ1v) is 6.81. The Kier molecular flexibility index (Phi) is 4.61. The van der Waals surface area contributed by atoms with Crippen molar-refractivity contribution in [3.63, 3.8) is 0 Å². The van der Waals surface area contributed by atoms with Crippen molar-refractivity contribution in [1.82, 2.24) is 4.98 Å². The third-order valence-electron chi connectivity index (χ3n) is 3.09. The normalized spacial score (nSPS) is 21.5. The summed E-state index contributed by atoms with van der Waals surface area (Å²) in [5.74, 6) is 1.70. The van der Waals surface area contributed by atoms with Gasteiger partial charge in [-0.05, 0) is 32.9 Å². The van der Waals surface area contributed by atoms with Gasteiger partial charge in [-0.15, -0.1) is 0 Å². The molecule has 2 heterocycles. The van der Waals surface area contributed by atoms with Crippen molar-refractivity contribution in [1.29, 1.82) is 0 Å². The average molecular weight is 265 g/mol. The predicted octanol–water partition coefficient (Wildman–Crippen LogP) is 1.42. The topological polar surface area (TPSA) is 60.6 Å². The first kappa shape index (κ1) is 14.1. The van der Waals surface area contributed by atoms with Crippen molar-refractivity contribution in [3.05, 3.63) is 18.3 Å². The van der Waals surface area contributed by atoms with Gasteiger partial charge in [-0.1, -0.05) is 0 Å². The molecule has 1 fully saturated rings. The molecule has 5 heteroatoms. The number of aromatic nitrogens is 1. The summed E-state index contributed by atoms with van der Waals surface area (Å²) in [5, 5.41) is 0. The van der Waals surface area contributed by atoms with Crippen LogP contribution in [0.4, 0.5) is 5.82 Å². The predicted molar refractivity (Wildman–Crippen MR) is 75.6 cm³/mol. The van der Waals surface area contributed by atoms with E-state index in [-0.39, 0.29) is 18.2 Å². The summed E-state index contributed by atoms with van der Waals surface area (Å²) >= 11 is 0. The molecule has 1 saturated heterocycles. The minimum atomic E-state index is 0.0148. The number of ether oxygens (including phenoxy) is 2. The number of anilines is 1. The van der Waals surface area contributed by atoms with Crippen LogP contribution in [0.1, 0.15) is 20.8 Å². The first-order valence-electron chi connectivity index (χ1n) is 6.81. The Bertz CT molecular complexity index is 409. The van der Waals surface area contributed by atoms with Crippen LogP contribution < -0.4 is 15.4 Å². The molecule has 1 aromatic rings. The summed E-state index contributed by atoms with van der Waals surface area (Å²) in [5.41, 5.74) is 5.92. The lowest BCUT2D eigenvalue weighted by atomic mass is 10.1. The fourth-order valence-electron chi connectivity index (χ4n) is 2.15. The minimum Gasteiger partial charge on any atom is -0.487 e. The van der Waals surface area contributed by atoms with Crippen molar-refractivity contribution in [2.75, 3.05) is 24.6 Å². The number of nitrogens with two attached hydrogens (primary N) is 1. The second kappa shape index (κ2) is 6.21. The van der Waals surface area contributed by atoms with Crippen LogP contribution in [0.2, 0.25) is 0 Å². The van der Waals surface area contributed by atoms with Gasteiger partial charge in [0, 0.05) is 25.3 Å². The quantitative estimate of drug-likeness (QED) is 0.892.